The molecule has 0 N–H and O–H groups in total. The molecule has 0 atom stereocenters. The lowest BCUT2D eigenvalue weighted by Gasteiger charge is -2.30. The molecule has 18 heavy (non-hydrogen) atoms. The molecule has 94 valence electrons. The van der Waals surface area contributed by atoms with Crippen molar-refractivity contribution in [1.29, 1.82) is 0 Å². The minimum Gasteiger partial charge on any atom is -0.269 e. The number of amides is 2. The van der Waals surface area contributed by atoms with Gasteiger partial charge in [-0.15, -0.1) is 0 Å². The standard InChI is InChI=1S/C15H17NO2/c1-10-12(11-8-6-5-7-9-11)14(18)16(13(10)17)15(2,3)4/h5-9H,1-4H3. The second kappa shape index (κ2) is 4.09. The highest BCUT2D eigenvalue weighted by atomic mass is 16.2. The predicted molar refractivity (Wildman–Crippen MR) is 70.6 cm³/mol. The molecular weight excluding hydrogens is 226 g/mol. The topological polar surface area (TPSA) is 37.4 Å². The van der Waals surface area contributed by atoms with Crippen LogP contribution in [0.15, 0.2) is 35.9 Å². The van der Waals surface area contributed by atoms with E-state index in [1.165, 1.54) is 4.90 Å². The molecule has 0 aromatic heterocycles. The molecule has 2 rings (SSSR count). The molecule has 0 unspecified atom stereocenters. The molecule has 0 saturated carbocycles. The maximum absolute atomic E-state index is 12.4. The van der Waals surface area contributed by atoms with Gasteiger partial charge in [0, 0.05) is 11.1 Å². The number of nitrogens with zero attached hydrogens (tertiary/aromatic N) is 1. The lowest BCUT2D eigenvalue weighted by molar-refractivity contribution is -0.142. The van der Waals surface area contributed by atoms with Gasteiger partial charge in [-0.25, -0.2) is 0 Å². The van der Waals surface area contributed by atoms with Crippen molar-refractivity contribution in [1.82, 2.24) is 4.90 Å². The predicted octanol–water partition coefficient (Wildman–Crippen LogP) is 2.63. The molecule has 2 amide bonds. The number of carbonyl (C=O) groups excluding carboxylic acids is 2. The molecule has 1 heterocycles. The number of carbonyl (C=O) groups is 2. The molecule has 1 aliphatic rings. The van der Waals surface area contributed by atoms with E-state index < -0.39 is 5.54 Å². The van der Waals surface area contributed by atoms with Crippen molar-refractivity contribution >= 4 is 17.4 Å². The van der Waals surface area contributed by atoms with Crippen molar-refractivity contribution in [2.45, 2.75) is 33.2 Å². The van der Waals surface area contributed by atoms with Crippen LogP contribution in [0.5, 0.6) is 0 Å². The monoisotopic (exact) mass is 243 g/mol. The van der Waals surface area contributed by atoms with Gasteiger partial charge in [0.2, 0.25) is 0 Å². The van der Waals surface area contributed by atoms with Gasteiger partial charge < -0.3 is 0 Å². The number of rotatable bonds is 1. The fourth-order valence-electron chi connectivity index (χ4n) is 2.19. The van der Waals surface area contributed by atoms with E-state index in [-0.39, 0.29) is 11.8 Å². The van der Waals surface area contributed by atoms with Crippen LogP contribution >= 0.6 is 0 Å². The molecule has 0 bridgehead atoms. The van der Waals surface area contributed by atoms with Gasteiger partial charge in [-0.05, 0) is 33.3 Å². The van der Waals surface area contributed by atoms with Crippen molar-refractivity contribution in [3.63, 3.8) is 0 Å². The van der Waals surface area contributed by atoms with Crippen LogP contribution in [0.25, 0.3) is 5.57 Å². The minimum absolute atomic E-state index is 0.189. The molecule has 1 aromatic carbocycles. The second-order valence-corrected chi connectivity index (χ2v) is 5.48. The number of hydrogen-bond acceptors (Lipinski definition) is 2. The first-order chi connectivity index (χ1) is 8.34. The highest BCUT2D eigenvalue weighted by Gasteiger charge is 2.42. The summed E-state index contributed by atoms with van der Waals surface area (Å²) in [5.41, 5.74) is 1.36. The quantitative estimate of drug-likeness (QED) is 0.711. The first-order valence-corrected chi connectivity index (χ1v) is 5.99. The van der Waals surface area contributed by atoms with Crippen molar-refractivity contribution in [2.24, 2.45) is 0 Å². The number of imide groups is 1. The Labute approximate surface area is 107 Å². The maximum atomic E-state index is 12.4. The van der Waals surface area contributed by atoms with Gasteiger partial charge in [0.25, 0.3) is 11.8 Å². The summed E-state index contributed by atoms with van der Waals surface area (Å²) in [6.07, 6.45) is 0. The summed E-state index contributed by atoms with van der Waals surface area (Å²) in [6.45, 7) is 7.31. The molecule has 3 heteroatoms. The highest BCUT2D eigenvalue weighted by Crippen LogP contribution is 2.33. The average molecular weight is 243 g/mol. The summed E-state index contributed by atoms with van der Waals surface area (Å²) in [6, 6.07) is 9.34. The summed E-state index contributed by atoms with van der Waals surface area (Å²) >= 11 is 0. The minimum atomic E-state index is -0.494. The molecule has 0 saturated heterocycles. The van der Waals surface area contributed by atoms with Crippen molar-refractivity contribution in [3.05, 3.63) is 41.5 Å². The molecule has 0 fully saturated rings. The summed E-state index contributed by atoms with van der Waals surface area (Å²) in [4.78, 5) is 26.0. The van der Waals surface area contributed by atoms with Crippen LogP contribution in [-0.4, -0.2) is 22.3 Å². The summed E-state index contributed by atoms with van der Waals surface area (Å²) in [7, 11) is 0. The van der Waals surface area contributed by atoms with E-state index in [0.717, 1.165) is 5.56 Å². The Bertz CT molecular complexity index is 535. The Balaban J connectivity index is 2.51. The van der Waals surface area contributed by atoms with Gasteiger partial charge in [0.05, 0.1) is 5.57 Å². The molecule has 0 radical (unpaired) electrons. The van der Waals surface area contributed by atoms with Gasteiger partial charge in [0.1, 0.15) is 0 Å². The van der Waals surface area contributed by atoms with Crippen LogP contribution in [-0.2, 0) is 9.59 Å². The number of benzene rings is 1. The lowest BCUT2D eigenvalue weighted by atomic mass is 10.0. The molecule has 0 aliphatic carbocycles. The summed E-state index contributed by atoms with van der Waals surface area (Å²) < 4.78 is 0. The smallest absolute Gasteiger partial charge is 0.262 e. The summed E-state index contributed by atoms with van der Waals surface area (Å²) in [5, 5.41) is 0. The molecule has 3 nitrogen and oxygen atoms in total. The van der Waals surface area contributed by atoms with Crippen LogP contribution < -0.4 is 0 Å². The Kier molecular flexibility index (Phi) is 2.85. The maximum Gasteiger partial charge on any atom is 0.262 e. The van der Waals surface area contributed by atoms with Crippen LogP contribution in [0.3, 0.4) is 0 Å². The average Bonchev–Trinajstić information content (AvgIpc) is 2.50. The SMILES string of the molecule is CC1=C(c2ccccc2)C(=O)N(C(C)(C)C)C1=O. The van der Waals surface area contributed by atoms with E-state index in [4.69, 9.17) is 0 Å². The van der Waals surface area contributed by atoms with Crippen LogP contribution in [0.2, 0.25) is 0 Å². The Hall–Kier alpha value is -1.90. The highest BCUT2D eigenvalue weighted by molar-refractivity contribution is 6.35. The zero-order chi connectivity index (χ0) is 13.5. The van der Waals surface area contributed by atoms with E-state index >= 15 is 0 Å². The molecular formula is C15H17NO2. The third-order valence-corrected chi connectivity index (χ3v) is 3.05. The first-order valence-electron chi connectivity index (χ1n) is 5.99. The fraction of sp³-hybridized carbons (Fsp3) is 0.333. The van der Waals surface area contributed by atoms with Crippen molar-refractivity contribution in [2.75, 3.05) is 0 Å². The van der Waals surface area contributed by atoms with Crippen LogP contribution in [0.4, 0.5) is 0 Å². The van der Waals surface area contributed by atoms with E-state index in [0.29, 0.717) is 11.1 Å². The Morgan fingerprint density at radius 2 is 1.50 bits per heavy atom. The third kappa shape index (κ3) is 1.86. The van der Waals surface area contributed by atoms with Gasteiger partial charge in [0.15, 0.2) is 0 Å². The first kappa shape index (κ1) is 12.6. The van der Waals surface area contributed by atoms with Gasteiger partial charge >= 0.3 is 0 Å². The zero-order valence-electron chi connectivity index (χ0n) is 11.2. The van der Waals surface area contributed by atoms with Crippen molar-refractivity contribution < 1.29 is 9.59 Å². The number of hydrogen-bond donors (Lipinski definition) is 0. The van der Waals surface area contributed by atoms with E-state index in [9.17, 15) is 9.59 Å². The van der Waals surface area contributed by atoms with E-state index in [1.54, 1.807) is 6.92 Å². The van der Waals surface area contributed by atoms with Gasteiger partial charge in [-0.2, -0.15) is 0 Å². The van der Waals surface area contributed by atoms with E-state index in [1.807, 2.05) is 51.1 Å². The van der Waals surface area contributed by atoms with Gasteiger partial charge in [-0.1, -0.05) is 30.3 Å². The third-order valence-electron chi connectivity index (χ3n) is 3.05. The van der Waals surface area contributed by atoms with Gasteiger partial charge in [-0.3, -0.25) is 14.5 Å². The lowest BCUT2D eigenvalue weighted by Crippen LogP contribution is -2.46. The second-order valence-electron chi connectivity index (χ2n) is 5.48. The molecule has 0 spiro atoms. The van der Waals surface area contributed by atoms with E-state index in [2.05, 4.69) is 0 Å². The molecule has 1 aromatic rings. The van der Waals surface area contributed by atoms with Crippen LogP contribution in [0.1, 0.15) is 33.3 Å². The largest absolute Gasteiger partial charge is 0.269 e. The molecule has 1 aliphatic heterocycles. The Morgan fingerprint density at radius 1 is 0.944 bits per heavy atom. The normalized spacial score (nSPS) is 16.8. The summed E-state index contributed by atoms with van der Waals surface area (Å²) in [5.74, 6) is -0.387. The Morgan fingerprint density at radius 3 is 1.94 bits per heavy atom. The van der Waals surface area contributed by atoms with Crippen LogP contribution in [0, 0.1) is 0 Å². The van der Waals surface area contributed by atoms with Crippen molar-refractivity contribution in [3.8, 4) is 0 Å². The zero-order valence-corrected chi connectivity index (χ0v) is 11.2. The fourth-order valence-corrected chi connectivity index (χ4v) is 2.19.